The number of furan rings is 1. The minimum atomic E-state index is -0.129. The molecule has 6 nitrogen and oxygen atoms in total. The van der Waals surface area contributed by atoms with Crippen molar-refractivity contribution >= 4 is 22.4 Å². The van der Waals surface area contributed by atoms with Crippen LogP contribution in [-0.2, 0) is 6.42 Å². The normalized spacial score (nSPS) is 11.0. The second-order valence-corrected chi connectivity index (χ2v) is 5.91. The fourth-order valence-electron chi connectivity index (χ4n) is 1.76. The van der Waals surface area contributed by atoms with Crippen LogP contribution in [0.3, 0.4) is 0 Å². The summed E-state index contributed by atoms with van der Waals surface area (Å²) in [5, 5.41) is 11.7. The van der Waals surface area contributed by atoms with Crippen LogP contribution in [0.4, 0.5) is 5.13 Å². The van der Waals surface area contributed by atoms with Gasteiger partial charge in [0.2, 0.25) is 5.13 Å². The van der Waals surface area contributed by atoms with Gasteiger partial charge in [0.15, 0.2) is 0 Å². The standard InChI is InChI=1S/C13H18N4O2S/c1-7(2)10-6-9(8(3)19-10)12(18)15-5-4-11-16-17-13(14)20-11/h6-7H,4-5H2,1-3H3,(H2,14,17)(H,15,18). The highest BCUT2D eigenvalue weighted by Crippen LogP contribution is 2.21. The van der Waals surface area contributed by atoms with E-state index < -0.39 is 0 Å². The fraction of sp³-hybridized carbons (Fsp3) is 0.462. The number of hydrogen-bond donors (Lipinski definition) is 2. The third-order valence-corrected chi connectivity index (χ3v) is 3.67. The van der Waals surface area contributed by atoms with Gasteiger partial charge in [0.1, 0.15) is 16.5 Å². The van der Waals surface area contributed by atoms with E-state index in [1.807, 2.05) is 13.8 Å². The topological polar surface area (TPSA) is 94.0 Å². The molecule has 0 aliphatic rings. The Kier molecular flexibility index (Phi) is 4.39. The van der Waals surface area contributed by atoms with Crippen molar-refractivity contribution in [3.05, 3.63) is 28.2 Å². The molecule has 0 aliphatic heterocycles. The van der Waals surface area contributed by atoms with Crippen molar-refractivity contribution in [3.63, 3.8) is 0 Å². The van der Waals surface area contributed by atoms with Crippen LogP contribution in [0.5, 0.6) is 0 Å². The molecule has 0 saturated heterocycles. The molecule has 2 rings (SSSR count). The lowest BCUT2D eigenvalue weighted by atomic mass is 10.1. The van der Waals surface area contributed by atoms with Crippen LogP contribution < -0.4 is 11.1 Å². The second kappa shape index (κ2) is 6.04. The Balaban J connectivity index is 1.91. The quantitative estimate of drug-likeness (QED) is 0.881. The molecular weight excluding hydrogens is 276 g/mol. The fourth-order valence-corrected chi connectivity index (χ4v) is 2.37. The van der Waals surface area contributed by atoms with E-state index >= 15 is 0 Å². The first-order chi connectivity index (χ1) is 9.47. The van der Waals surface area contributed by atoms with Crippen LogP contribution in [0.2, 0.25) is 0 Å². The molecule has 0 saturated carbocycles. The molecule has 0 bridgehead atoms. The molecule has 7 heteroatoms. The molecule has 108 valence electrons. The summed E-state index contributed by atoms with van der Waals surface area (Å²) in [5.74, 6) is 1.60. The molecule has 2 aromatic heterocycles. The van der Waals surface area contributed by atoms with Crippen molar-refractivity contribution in [3.8, 4) is 0 Å². The average molecular weight is 294 g/mol. The number of carbonyl (C=O) groups excluding carboxylic acids is 1. The molecule has 0 aliphatic carbocycles. The number of amides is 1. The second-order valence-electron chi connectivity index (χ2n) is 4.81. The zero-order valence-corrected chi connectivity index (χ0v) is 12.6. The molecule has 0 fully saturated rings. The Morgan fingerprint density at radius 1 is 1.50 bits per heavy atom. The SMILES string of the molecule is Cc1oc(C(C)C)cc1C(=O)NCCc1nnc(N)s1. The third-order valence-electron chi connectivity index (χ3n) is 2.86. The molecule has 0 spiro atoms. The van der Waals surface area contributed by atoms with Crippen molar-refractivity contribution in [2.45, 2.75) is 33.1 Å². The smallest absolute Gasteiger partial charge is 0.254 e. The zero-order chi connectivity index (χ0) is 14.7. The maximum absolute atomic E-state index is 12.1. The van der Waals surface area contributed by atoms with E-state index in [1.54, 1.807) is 13.0 Å². The molecule has 20 heavy (non-hydrogen) atoms. The van der Waals surface area contributed by atoms with Crippen LogP contribution in [0.25, 0.3) is 0 Å². The Hall–Kier alpha value is -1.89. The number of nitrogens with one attached hydrogen (secondary N) is 1. The minimum Gasteiger partial charge on any atom is -0.465 e. The van der Waals surface area contributed by atoms with Crippen LogP contribution >= 0.6 is 11.3 Å². The van der Waals surface area contributed by atoms with Gasteiger partial charge in [-0.05, 0) is 13.0 Å². The number of carbonyl (C=O) groups is 1. The summed E-state index contributed by atoms with van der Waals surface area (Å²) in [4.78, 5) is 12.1. The lowest BCUT2D eigenvalue weighted by molar-refractivity contribution is 0.0952. The Morgan fingerprint density at radius 2 is 2.25 bits per heavy atom. The van der Waals surface area contributed by atoms with Crippen molar-refractivity contribution in [1.82, 2.24) is 15.5 Å². The summed E-state index contributed by atoms with van der Waals surface area (Å²) >= 11 is 1.33. The third kappa shape index (κ3) is 3.36. The summed E-state index contributed by atoms with van der Waals surface area (Å²) < 4.78 is 5.57. The lowest BCUT2D eigenvalue weighted by Gasteiger charge is -2.01. The van der Waals surface area contributed by atoms with Gasteiger partial charge in [0.05, 0.1) is 5.56 Å². The van der Waals surface area contributed by atoms with Gasteiger partial charge in [-0.2, -0.15) is 0 Å². The number of rotatable bonds is 5. The van der Waals surface area contributed by atoms with Gasteiger partial charge in [-0.15, -0.1) is 10.2 Å². The maximum atomic E-state index is 12.1. The van der Waals surface area contributed by atoms with E-state index in [9.17, 15) is 4.79 Å². The van der Waals surface area contributed by atoms with Crippen LogP contribution in [0.15, 0.2) is 10.5 Å². The van der Waals surface area contributed by atoms with E-state index in [0.29, 0.717) is 29.4 Å². The summed E-state index contributed by atoms with van der Waals surface area (Å²) in [7, 11) is 0. The number of aromatic nitrogens is 2. The Labute approximate surface area is 121 Å². The predicted molar refractivity (Wildman–Crippen MR) is 77.9 cm³/mol. The molecule has 0 aromatic carbocycles. The van der Waals surface area contributed by atoms with Crippen molar-refractivity contribution in [2.75, 3.05) is 12.3 Å². The Bertz CT molecular complexity index is 603. The van der Waals surface area contributed by atoms with E-state index in [1.165, 1.54) is 11.3 Å². The highest BCUT2D eigenvalue weighted by Gasteiger charge is 2.16. The molecule has 1 amide bonds. The number of anilines is 1. The highest BCUT2D eigenvalue weighted by molar-refractivity contribution is 7.15. The minimum absolute atomic E-state index is 0.129. The lowest BCUT2D eigenvalue weighted by Crippen LogP contribution is -2.25. The maximum Gasteiger partial charge on any atom is 0.254 e. The summed E-state index contributed by atoms with van der Waals surface area (Å²) in [6, 6.07) is 1.80. The summed E-state index contributed by atoms with van der Waals surface area (Å²) in [6.07, 6.45) is 0.620. The van der Waals surface area contributed by atoms with Gasteiger partial charge >= 0.3 is 0 Å². The largest absolute Gasteiger partial charge is 0.465 e. The number of aryl methyl sites for hydroxylation is 1. The van der Waals surface area contributed by atoms with Crippen LogP contribution in [0.1, 0.15) is 46.7 Å². The van der Waals surface area contributed by atoms with Gasteiger partial charge in [0, 0.05) is 18.9 Å². The average Bonchev–Trinajstić information content (AvgIpc) is 2.95. The van der Waals surface area contributed by atoms with E-state index in [0.717, 1.165) is 10.8 Å². The molecule has 0 atom stereocenters. The summed E-state index contributed by atoms with van der Waals surface area (Å²) in [5.41, 5.74) is 6.09. The van der Waals surface area contributed by atoms with E-state index in [2.05, 4.69) is 15.5 Å². The number of nitrogens with zero attached hydrogens (tertiary/aromatic N) is 2. The Morgan fingerprint density at radius 3 is 2.80 bits per heavy atom. The molecule has 2 heterocycles. The molecule has 0 radical (unpaired) electrons. The monoisotopic (exact) mass is 294 g/mol. The first kappa shape index (κ1) is 14.5. The number of nitrogens with two attached hydrogens (primary N) is 1. The first-order valence-corrected chi connectivity index (χ1v) is 7.25. The van der Waals surface area contributed by atoms with Gasteiger partial charge in [-0.1, -0.05) is 25.2 Å². The highest BCUT2D eigenvalue weighted by atomic mass is 32.1. The van der Waals surface area contributed by atoms with Crippen LogP contribution in [0, 0.1) is 6.92 Å². The van der Waals surface area contributed by atoms with Crippen LogP contribution in [-0.4, -0.2) is 22.6 Å². The van der Waals surface area contributed by atoms with Crippen molar-refractivity contribution in [1.29, 1.82) is 0 Å². The van der Waals surface area contributed by atoms with Gasteiger partial charge < -0.3 is 15.5 Å². The van der Waals surface area contributed by atoms with Gasteiger partial charge in [-0.25, -0.2) is 0 Å². The zero-order valence-electron chi connectivity index (χ0n) is 11.8. The number of nitrogen functional groups attached to an aromatic ring is 1. The summed E-state index contributed by atoms with van der Waals surface area (Å²) in [6.45, 7) is 6.35. The van der Waals surface area contributed by atoms with Gasteiger partial charge in [-0.3, -0.25) is 4.79 Å². The molecule has 0 unspecified atom stereocenters. The number of hydrogen-bond acceptors (Lipinski definition) is 6. The van der Waals surface area contributed by atoms with Crippen molar-refractivity contribution in [2.24, 2.45) is 0 Å². The molecule has 3 N–H and O–H groups in total. The van der Waals surface area contributed by atoms with E-state index in [-0.39, 0.29) is 11.8 Å². The van der Waals surface area contributed by atoms with Gasteiger partial charge in [0.25, 0.3) is 5.91 Å². The first-order valence-electron chi connectivity index (χ1n) is 6.43. The molecular formula is C13H18N4O2S. The predicted octanol–water partition coefficient (Wildman–Crippen LogP) is 2.12. The van der Waals surface area contributed by atoms with E-state index in [4.69, 9.17) is 10.2 Å². The van der Waals surface area contributed by atoms with Crippen molar-refractivity contribution < 1.29 is 9.21 Å². The molecule has 2 aromatic rings.